The molecule has 0 amide bonds. The third kappa shape index (κ3) is 1.22. The van der Waals surface area contributed by atoms with Gasteiger partial charge in [0.25, 0.3) is 0 Å². The minimum Gasteiger partial charge on any atom is -0.392 e. The molecule has 1 N–H and O–H groups in total. The highest BCUT2D eigenvalue weighted by molar-refractivity contribution is 4.99. The Labute approximate surface area is 70.6 Å². The molecule has 0 aliphatic heterocycles. The van der Waals surface area contributed by atoms with Crippen molar-refractivity contribution in [3.8, 4) is 0 Å². The molecule has 1 aliphatic carbocycles. The lowest BCUT2D eigenvalue weighted by atomic mass is 10.1. The molecule has 0 radical (unpaired) electrons. The molecule has 4 nitrogen and oxygen atoms in total. The van der Waals surface area contributed by atoms with Crippen molar-refractivity contribution in [3.63, 3.8) is 0 Å². The lowest BCUT2D eigenvalue weighted by Crippen LogP contribution is -2.11. The summed E-state index contributed by atoms with van der Waals surface area (Å²) in [7, 11) is 0. The van der Waals surface area contributed by atoms with E-state index in [-0.39, 0.29) is 12.0 Å². The summed E-state index contributed by atoms with van der Waals surface area (Å²) in [6.07, 6.45) is 2.58. The third-order valence-electron chi connectivity index (χ3n) is 2.34. The van der Waals surface area contributed by atoms with Crippen molar-refractivity contribution in [2.75, 3.05) is 0 Å². The highest BCUT2D eigenvalue weighted by atomic mass is 16.5. The standard InChI is InChI=1S/C8H12N2O2/c1-5-9-8(12-10-5)6-3-2-4-7(6)11/h6-7,11H,2-4H2,1H3. The zero-order valence-electron chi connectivity index (χ0n) is 7.03. The van der Waals surface area contributed by atoms with Crippen LogP contribution < -0.4 is 0 Å². The maximum Gasteiger partial charge on any atom is 0.232 e. The summed E-state index contributed by atoms with van der Waals surface area (Å²) >= 11 is 0. The molecule has 4 heteroatoms. The van der Waals surface area contributed by atoms with Gasteiger partial charge in [-0.1, -0.05) is 5.16 Å². The largest absolute Gasteiger partial charge is 0.392 e. The fourth-order valence-electron chi connectivity index (χ4n) is 1.69. The van der Waals surface area contributed by atoms with Crippen LogP contribution in [-0.2, 0) is 0 Å². The van der Waals surface area contributed by atoms with Crippen molar-refractivity contribution in [2.24, 2.45) is 0 Å². The molecule has 0 saturated heterocycles. The molecule has 2 atom stereocenters. The van der Waals surface area contributed by atoms with E-state index in [4.69, 9.17) is 4.52 Å². The topological polar surface area (TPSA) is 59.2 Å². The minimum absolute atomic E-state index is 0.0752. The fourth-order valence-corrected chi connectivity index (χ4v) is 1.69. The zero-order valence-corrected chi connectivity index (χ0v) is 7.03. The second-order valence-electron chi connectivity index (χ2n) is 3.28. The highest BCUT2D eigenvalue weighted by Crippen LogP contribution is 2.33. The van der Waals surface area contributed by atoms with Crippen LogP contribution in [0.5, 0.6) is 0 Å². The predicted molar refractivity (Wildman–Crippen MR) is 41.6 cm³/mol. The van der Waals surface area contributed by atoms with Gasteiger partial charge in [0.15, 0.2) is 5.82 Å². The zero-order chi connectivity index (χ0) is 8.55. The Hall–Kier alpha value is -0.900. The van der Waals surface area contributed by atoms with Crippen LogP contribution in [0.1, 0.15) is 36.9 Å². The first kappa shape index (κ1) is 7.73. The number of rotatable bonds is 1. The number of hydrogen-bond acceptors (Lipinski definition) is 4. The number of hydrogen-bond donors (Lipinski definition) is 1. The number of aryl methyl sites for hydroxylation is 1. The van der Waals surface area contributed by atoms with E-state index in [2.05, 4.69) is 10.1 Å². The summed E-state index contributed by atoms with van der Waals surface area (Å²) in [4.78, 5) is 4.11. The van der Waals surface area contributed by atoms with Gasteiger partial charge in [-0.3, -0.25) is 0 Å². The number of aliphatic hydroxyl groups is 1. The van der Waals surface area contributed by atoms with Crippen LogP contribution in [0.4, 0.5) is 0 Å². The molecule has 0 bridgehead atoms. The van der Waals surface area contributed by atoms with E-state index in [1.165, 1.54) is 0 Å². The van der Waals surface area contributed by atoms with Crippen LogP contribution in [0.25, 0.3) is 0 Å². The van der Waals surface area contributed by atoms with Crippen LogP contribution in [0.3, 0.4) is 0 Å². The number of nitrogens with zero attached hydrogens (tertiary/aromatic N) is 2. The molecule has 1 aliphatic rings. The average Bonchev–Trinajstić information content (AvgIpc) is 2.58. The number of aliphatic hydroxyl groups excluding tert-OH is 1. The first-order valence-corrected chi connectivity index (χ1v) is 4.25. The van der Waals surface area contributed by atoms with E-state index < -0.39 is 0 Å². The van der Waals surface area contributed by atoms with E-state index in [1.54, 1.807) is 6.92 Å². The summed E-state index contributed by atoms with van der Waals surface area (Å²) < 4.78 is 5.00. The monoisotopic (exact) mass is 168 g/mol. The first-order chi connectivity index (χ1) is 5.77. The van der Waals surface area contributed by atoms with Crippen molar-refractivity contribution in [3.05, 3.63) is 11.7 Å². The van der Waals surface area contributed by atoms with Gasteiger partial charge in [0, 0.05) is 0 Å². The molecule has 1 saturated carbocycles. The Morgan fingerprint density at radius 2 is 2.33 bits per heavy atom. The van der Waals surface area contributed by atoms with Crippen molar-refractivity contribution >= 4 is 0 Å². The van der Waals surface area contributed by atoms with Crippen molar-refractivity contribution in [2.45, 2.75) is 38.2 Å². The van der Waals surface area contributed by atoms with Crippen molar-refractivity contribution in [1.29, 1.82) is 0 Å². The van der Waals surface area contributed by atoms with Gasteiger partial charge in [0.05, 0.1) is 12.0 Å². The molecule has 0 aromatic carbocycles. The Morgan fingerprint density at radius 3 is 2.83 bits per heavy atom. The summed E-state index contributed by atoms with van der Waals surface area (Å²) in [6.45, 7) is 1.79. The normalized spacial score (nSPS) is 29.5. The fraction of sp³-hybridized carbons (Fsp3) is 0.750. The second kappa shape index (κ2) is 2.86. The van der Waals surface area contributed by atoms with E-state index in [1.807, 2.05) is 0 Å². The maximum absolute atomic E-state index is 9.52. The molecule has 66 valence electrons. The SMILES string of the molecule is Cc1noc(C2CCCC2O)n1. The van der Waals surface area contributed by atoms with Gasteiger partial charge in [0.1, 0.15) is 0 Å². The summed E-state index contributed by atoms with van der Waals surface area (Å²) in [5.41, 5.74) is 0. The first-order valence-electron chi connectivity index (χ1n) is 4.25. The Balaban J connectivity index is 2.19. The molecular formula is C8H12N2O2. The van der Waals surface area contributed by atoms with Crippen molar-refractivity contribution < 1.29 is 9.63 Å². The predicted octanol–water partition coefficient (Wildman–Crippen LogP) is 1.01. The van der Waals surface area contributed by atoms with E-state index in [0.29, 0.717) is 11.7 Å². The summed E-state index contributed by atoms with van der Waals surface area (Å²) in [5.74, 6) is 1.31. The summed E-state index contributed by atoms with van der Waals surface area (Å²) in [5, 5.41) is 13.2. The van der Waals surface area contributed by atoms with E-state index >= 15 is 0 Å². The van der Waals surface area contributed by atoms with Gasteiger partial charge < -0.3 is 9.63 Å². The van der Waals surface area contributed by atoms with Crippen molar-refractivity contribution in [1.82, 2.24) is 10.1 Å². The van der Waals surface area contributed by atoms with Gasteiger partial charge in [0.2, 0.25) is 5.89 Å². The maximum atomic E-state index is 9.52. The average molecular weight is 168 g/mol. The molecule has 2 rings (SSSR count). The quantitative estimate of drug-likeness (QED) is 0.679. The van der Waals surface area contributed by atoms with E-state index in [9.17, 15) is 5.11 Å². The lowest BCUT2D eigenvalue weighted by molar-refractivity contribution is 0.148. The Kier molecular flexibility index (Phi) is 1.84. The van der Waals surface area contributed by atoms with E-state index in [0.717, 1.165) is 19.3 Å². The molecule has 1 aromatic rings. The van der Waals surface area contributed by atoms with Gasteiger partial charge in [-0.05, 0) is 26.2 Å². The van der Waals surface area contributed by atoms with Gasteiger partial charge >= 0.3 is 0 Å². The highest BCUT2D eigenvalue weighted by Gasteiger charge is 2.30. The smallest absolute Gasteiger partial charge is 0.232 e. The minimum atomic E-state index is -0.287. The molecule has 1 heterocycles. The van der Waals surface area contributed by atoms with Gasteiger partial charge in [-0.15, -0.1) is 0 Å². The molecule has 2 unspecified atom stereocenters. The molecule has 0 spiro atoms. The van der Waals surface area contributed by atoms with Gasteiger partial charge in [-0.25, -0.2) is 0 Å². The molecule has 1 aromatic heterocycles. The van der Waals surface area contributed by atoms with Crippen LogP contribution >= 0.6 is 0 Å². The van der Waals surface area contributed by atoms with Gasteiger partial charge in [-0.2, -0.15) is 4.98 Å². The Bertz CT molecular complexity index is 272. The van der Waals surface area contributed by atoms with Crippen LogP contribution in [0, 0.1) is 6.92 Å². The van der Waals surface area contributed by atoms with Crippen LogP contribution in [0.2, 0.25) is 0 Å². The molecule has 1 fully saturated rings. The summed E-state index contributed by atoms with van der Waals surface area (Å²) in [6, 6.07) is 0. The third-order valence-corrected chi connectivity index (χ3v) is 2.34. The molecule has 12 heavy (non-hydrogen) atoms. The Morgan fingerprint density at radius 1 is 1.50 bits per heavy atom. The molecular weight excluding hydrogens is 156 g/mol. The van der Waals surface area contributed by atoms with Crippen LogP contribution in [0.15, 0.2) is 4.52 Å². The lowest BCUT2D eigenvalue weighted by Gasteiger charge is -2.07. The second-order valence-corrected chi connectivity index (χ2v) is 3.28. The number of aromatic nitrogens is 2. The van der Waals surface area contributed by atoms with Crippen LogP contribution in [-0.4, -0.2) is 21.4 Å².